The van der Waals surface area contributed by atoms with E-state index in [1.54, 1.807) is 23.3 Å². The Morgan fingerprint density at radius 3 is 2.76 bits per heavy atom. The van der Waals surface area contributed by atoms with Gasteiger partial charge in [0, 0.05) is 38.4 Å². The number of carbonyl (C=O) groups excluding carboxylic acids is 1. The van der Waals surface area contributed by atoms with Crippen molar-refractivity contribution in [1.82, 2.24) is 14.9 Å². The number of aliphatic hydroxyl groups is 1. The van der Waals surface area contributed by atoms with E-state index in [9.17, 15) is 9.59 Å². The Bertz CT molecular complexity index is 364. The normalized spacial score (nSPS) is 12.1. The molecule has 3 N–H and O–H groups in total. The summed E-state index contributed by atoms with van der Waals surface area (Å²) in [6, 6.07) is -1.03. The summed E-state index contributed by atoms with van der Waals surface area (Å²) < 4.78 is 1.72. The molecule has 0 saturated heterocycles. The minimum atomic E-state index is -1.14. The van der Waals surface area contributed by atoms with Crippen LogP contribution in [0.25, 0.3) is 0 Å². The van der Waals surface area contributed by atoms with Crippen LogP contribution < -0.4 is 5.32 Å². The van der Waals surface area contributed by atoms with Gasteiger partial charge in [-0.1, -0.05) is 0 Å². The minimum absolute atomic E-state index is 0.00610. The molecule has 0 fully saturated rings. The van der Waals surface area contributed by atoms with Crippen molar-refractivity contribution in [1.29, 1.82) is 0 Å². The monoisotopic (exact) mass is 241 g/mol. The van der Waals surface area contributed by atoms with Gasteiger partial charge in [-0.05, 0) is 0 Å². The highest BCUT2D eigenvalue weighted by atomic mass is 16.4. The number of nitrogens with one attached hydrogen (secondary N) is 1. The summed E-state index contributed by atoms with van der Waals surface area (Å²) in [6.45, 7) is 0.163. The Balaban J connectivity index is 2.34. The number of imidazole rings is 1. The molecule has 17 heavy (non-hydrogen) atoms. The van der Waals surface area contributed by atoms with Crippen LogP contribution in [0.3, 0.4) is 0 Å². The molecule has 0 bridgehead atoms. The van der Waals surface area contributed by atoms with Gasteiger partial charge in [0.05, 0.1) is 6.33 Å². The fraction of sp³-hybridized carbons (Fsp3) is 0.500. The Kier molecular flexibility index (Phi) is 5.15. The molecule has 1 aromatic rings. The molecular formula is C10H15N3O4. The third-order valence-corrected chi connectivity index (χ3v) is 2.21. The number of hydrogen-bond acceptors (Lipinski definition) is 4. The van der Waals surface area contributed by atoms with Crippen LogP contribution in [-0.4, -0.2) is 44.3 Å². The number of hydrogen-bond donors (Lipinski definition) is 3. The molecule has 0 aliphatic carbocycles. The van der Waals surface area contributed by atoms with Gasteiger partial charge in [-0.3, -0.25) is 4.79 Å². The second-order valence-corrected chi connectivity index (χ2v) is 3.52. The molecule has 7 heteroatoms. The summed E-state index contributed by atoms with van der Waals surface area (Å²) in [5.41, 5.74) is 0. The summed E-state index contributed by atoms with van der Waals surface area (Å²) in [4.78, 5) is 26.0. The fourth-order valence-corrected chi connectivity index (χ4v) is 1.30. The predicted molar refractivity (Wildman–Crippen MR) is 58.1 cm³/mol. The van der Waals surface area contributed by atoms with E-state index in [1.807, 2.05) is 0 Å². The molecule has 7 nitrogen and oxygen atoms in total. The quantitative estimate of drug-likeness (QED) is 0.581. The zero-order chi connectivity index (χ0) is 12.7. The number of aryl methyl sites for hydroxylation is 1. The maximum atomic E-state index is 11.4. The minimum Gasteiger partial charge on any atom is -0.480 e. The first-order chi connectivity index (χ1) is 8.13. The number of aliphatic carboxylic acids is 1. The average Bonchev–Trinajstić information content (AvgIpc) is 2.78. The number of carbonyl (C=O) groups is 2. The van der Waals surface area contributed by atoms with Crippen molar-refractivity contribution in [3.63, 3.8) is 0 Å². The molecule has 0 unspecified atom stereocenters. The van der Waals surface area contributed by atoms with Gasteiger partial charge in [0.25, 0.3) is 0 Å². The predicted octanol–water partition coefficient (Wildman–Crippen LogP) is -0.775. The van der Waals surface area contributed by atoms with E-state index in [0.717, 1.165) is 0 Å². The molecule has 1 aromatic heterocycles. The standard InChI is InChI=1S/C10H15N3O4/c14-6-2-8(10(16)17)12-9(15)1-4-13-5-3-11-7-13/h3,5,7-8,14H,1-2,4,6H2,(H,12,15)(H,16,17)/t8-/m0/s1. The Hall–Kier alpha value is -1.89. The topological polar surface area (TPSA) is 104 Å². The van der Waals surface area contributed by atoms with Gasteiger partial charge in [-0.25, -0.2) is 9.78 Å². The lowest BCUT2D eigenvalue weighted by atomic mass is 10.2. The second-order valence-electron chi connectivity index (χ2n) is 3.52. The van der Waals surface area contributed by atoms with Gasteiger partial charge in [0.2, 0.25) is 5.91 Å². The third kappa shape index (κ3) is 4.64. The highest BCUT2D eigenvalue weighted by Gasteiger charge is 2.18. The first kappa shape index (κ1) is 13.2. The molecule has 1 amide bonds. The lowest BCUT2D eigenvalue weighted by molar-refractivity contribution is -0.142. The first-order valence-corrected chi connectivity index (χ1v) is 5.22. The van der Waals surface area contributed by atoms with Gasteiger partial charge in [-0.15, -0.1) is 0 Å². The maximum absolute atomic E-state index is 11.4. The lowest BCUT2D eigenvalue weighted by Crippen LogP contribution is -2.41. The second kappa shape index (κ2) is 6.64. The average molecular weight is 241 g/mol. The summed E-state index contributed by atoms with van der Waals surface area (Å²) in [6.07, 6.45) is 5.08. The molecule has 1 atom stereocenters. The van der Waals surface area contributed by atoms with Crippen LogP contribution in [0, 0.1) is 0 Å². The third-order valence-electron chi connectivity index (χ3n) is 2.21. The van der Waals surface area contributed by atoms with Crippen molar-refractivity contribution in [2.24, 2.45) is 0 Å². The zero-order valence-electron chi connectivity index (χ0n) is 9.24. The van der Waals surface area contributed by atoms with Crippen LogP contribution in [0.1, 0.15) is 12.8 Å². The lowest BCUT2D eigenvalue weighted by Gasteiger charge is -2.13. The molecule has 94 valence electrons. The number of carboxylic acid groups (broad SMARTS) is 1. The van der Waals surface area contributed by atoms with Crippen molar-refractivity contribution < 1.29 is 19.8 Å². The van der Waals surface area contributed by atoms with E-state index in [2.05, 4.69) is 10.3 Å². The summed E-state index contributed by atoms with van der Waals surface area (Å²) in [5, 5.41) is 19.8. The first-order valence-electron chi connectivity index (χ1n) is 5.22. The summed E-state index contributed by atoms with van der Waals surface area (Å²) >= 11 is 0. The van der Waals surface area contributed by atoms with Crippen molar-refractivity contribution in [3.05, 3.63) is 18.7 Å². The number of nitrogens with zero attached hydrogens (tertiary/aromatic N) is 2. The molecule has 1 rings (SSSR count). The molecule has 0 spiro atoms. The van der Waals surface area contributed by atoms with E-state index >= 15 is 0 Å². The number of rotatable bonds is 7. The van der Waals surface area contributed by atoms with Gasteiger partial charge in [-0.2, -0.15) is 0 Å². The summed E-state index contributed by atoms with van der Waals surface area (Å²) in [7, 11) is 0. The highest BCUT2D eigenvalue weighted by molar-refractivity contribution is 5.83. The number of aliphatic hydroxyl groups excluding tert-OH is 1. The molecule has 1 heterocycles. The molecule has 0 saturated carbocycles. The van der Waals surface area contributed by atoms with E-state index < -0.39 is 12.0 Å². The highest BCUT2D eigenvalue weighted by Crippen LogP contribution is 1.95. The fourth-order valence-electron chi connectivity index (χ4n) is 1.30. The molecule has 0 aliphatic rings. The van der Waals surface area contributed by atoms with E-state index in [-0.39, 0.29) is 25.4 Å². The van der Waals surface area contributed by atoms with Crippen LogP contribution in [0.4, 0.5) is 0 Å². The Morgan fingerprint density at radius 2 is 2.24 bits per heavy atom. The SMILES string of the molecule is O=C(CCn1ccnc1)N[C@@H](CCO)C(=O)O. The van der Waals surface area contributed by atoms with Crippen LogP contribution >= 0.6 is 0 Å². The van der Waals surface area contributed by atoms with Crippen molar-refractivity contribution in [2.75, 3.05) is 6.61 Å². The van der Waals surface area contributed by atoms with E-state index in [1.165, 1.54) is 0 Å². The van der Waals surface area contributed by atoms with Gasteiger partial charge < -0.3 is 20.1 Å². The van der Waals surface area contributed by atoms with Crippen LogP contribution in [-0.2, 0) is 16.1 Å². The van der Waals surface area contributed by atoms with Crippen LogP contribution in [0.5, 0.6) is 0 Å². The summed E-state index contributed by atoms with van der Waals surface area (Å²) in [5.74, 6) is -1.51. The van der Waals surface area contributed by atoms with Crippen molar-refractivity contribution >= 4 is 11.9 Å². The van der Waals surface area contributed by atoms with E-state index in [0.29, 0.717) is 6.54 Å². The largest absolute Gasteiger partial charge is 0.480 e. The smallest absolute Gasteiger partial charge is 0.326 e. The van der Waals surface area contributed by atoms with Crippen molar-refractivity contribution in [3.8, 4) is 0 Å². The maximum Gasteiger partial charge on any atom is 0.326 e. The molecule has 0 radical (unpaired) electrons. The number of aromatic nitrogens is 2. The number of amides is 1. The van der Waals surface area contributed by atoms with Gasteiger partial charge in [0.15, 0.2) is 0 Å². The zero-order valence-corrected chi connectivity index (χ0v) is 9.24. The Morgan fingerprint density at radius 1 is 1.47 bits per heavy atom. The molecule has 0 aliphatic heterocycles. The van der Waals surface area contributed by atoms with Gasteiger partial charge in [0.1, 0.15) is 6.04 Å². The molecule has 0 aromatic carbocycles. The van der Waals surface area contributed by atoms with E-state index in [4.69, 9.17) is 10.2 Å². The van der Waals surface area contributed by atoms with Gasteiger partial charge >= 0.3 is 5.97 Å². The Labute approximate surface area is 98.1 Å². The van der Waals surface area contributed by atoms with Crippen molar-refractivity contribution in [2.45, 2.75) is 25.4 Å². The molecular weight excluding hydrogens is 226 g/mol. The van der Waals surface area contributed by atoms with Crippen LogP contribution in [0.15, 0.2) is 18.7 Å². The van der Waals surface area contributed by atoms with Crippen LogP contribution in [0.2, 0.25) is 0 Å². The number of carboxylic acids is 1.